The summed E-state index contributed by atoms with van der Waals surface area (Å²) in [6, 6.07) is 9.03. The van der Waals surface area contributed by atoms with E-state index in [1.807, 2.05) is 0 Å². The van der Waals surface area contributed by atoms with Gasteiger partial charge < -0.3 is 5.32 Å². The summed E-state index contributed by atoms with van der Waals surface area (Å²) in [6.07, 6.45) is 3.66. The molecule has 0 amide bonds. The molecule has 96 valence electrons. The molecule has 0 aliphatic carbocycles. The topological polar surface area (TPSA) is 12.0 Å². The van der Waals surface area contributed by atoms with Crippen LogP contribution in [0.25, 0.3) is 0 Å². The van der Waals surface area contributed by atoms with Crippen molar-refractivity contribution in [3.63, 3.8) is 0 Å². The highest BCUT2D eigenvalue weighted by Crippen LogP contribution is 2.27. The number of hydrogen-bond donors (Lipinski definition) is 1. The molecule has 2 heteroatoms. The molecule has 1 aromatic carbocycles. The van der Waals surface area contributed by atoms with Crippen molar-refractivity contribution in [1.29, 1.82) is 0 Å². The summed E-state index contributed by atoms with van der Waals surface area (Å²) in [5.74, 6) is 0.767. The zero-order chi connectivity index (χ0) is 12.7. The molecule has 0 aliphatic rings. The van der Waals surface area contributed by atoms with Crippen LogP contribution in [0.1, 0.15) is 51.6 Å². The minimum Gasteiger partial charge on any atom is -0.310 e. The van der Waals surface area contributed by atoms with Crippen molar-refractivity contribution in [2.75, 3.05) is 6.54 Å². The molecule has 0 aromatic heterocycles. The first-order valence-electron chi connectivity index (χ1n) is 6.63. The van der Waals surface area contributed by atoms with E-state index in [9.17, 15) is 0 Å². The van der Waals surface area contributed by atoms with E-state index >= 15 is 0 Å². The van der Waals surface area contributed by atoms with E-state index in [1.54, 1.807) is 0 Å². The van der Waals surface area contributed by atoms with E-state index in [1.165, 1.54) is 29.3 Å². The maximum absolute atomic E-state index is 3.66. The van der Waals surface area contributed by atoms with Gasteiger partial charge in [-0.05, 0) is 43.4 Å². The molecule has 1 nitrogen and oxygen atoms in total. The summed E-state index contributed by atoms with van der Waals surface area (Å²) in [6.45, 7) is 7.88. The van der Waals surface area contributed by atoms with Crippen LogP contribution in [0.3, 0.4) is 0 Å². The Balaban J connectivity index is 2.71. The summed E-state index contributed by atoms with van der Waals surface area (Å²) >= 11 is 3.66. The van der Waals surface area contributed by atoms with Gasteiger partial charge in [0.25, 0.3) is 0 Å². The Hall–Kier alpha value is -0.340. The summed E-state index contributed by atoms with van der Waals surface area (Å²) in [5, 5.41) is 3.65. The van der Waals surface area contributed by atoms with Crippen molar-refractivity contribution < 1.29 is 0 Å². The second-order valence-corrected chi connectivity index (χ2v) is 5.85. The number of benzene rings is 1. The maximum atomic E-state index is 3.66. The first kappa shape index (κ1) is 14.7. The van der Waals surface area contributed by atoms with Gasteiger partial charge in [-0.1, -0.05) is 54.9 Å². The standard InChI is InChI=1S/C15H24BrN/c1-4-11-17-15(10-9-12(2)3)13-7-5-6-8-14(13)16/h5-8,12,15,17H,4,9-11H2,1-3H3. The molecule has 0 spiro atoms. The van der Waals surface area contributed by atoms with Gasteiger partial charge in [0.1, 0.15) is 0 Å². The molecule has 0 heterocycles. The van der Waals surface area contributed by atoms with Gasteiger partial charge in [-0.2, -0.15) is 0 Å². The predicted molar refractivity (Wildman–Crippen MR) is 79.2 cm³/mol. The van der Waals surface area contributed by atoms with Crippen LogP contribution in [0, 0.1) is 5.92 Å². The van der Waals surface area contributed by atoms with E-state index in [0.717, 1.165) is 12.5 Å². The van der Waals surface area contributed by atoms with Crippen molar-refractivity contribution in [2.45, 2.75) is 46.1 Å². The summed E-state index contributed by atoms with van der Waals surface area (Å²) < 4.78 is 1.22. The third kappa shape index (κ3) is 5.22. The van der Waals surface area contributed by atoms with Crippen LogP contribution in [0.2, 0.25) is 0 Å². The van der Waals surface area contributed by atoms with Crippen molar-refractivity contribution in [2.24, 2.45) is 5.92 Å². The Morgan fingerprint density at radius 1 is 1.18 bits per heavy atom. The normalized spacial score (nSPS) is 13.0. The molecule has 0 aliphatic heterocycles. The first-order valence-corrected chi connectivity index (χ1v) is 7.42. The fourth-order valence-electron chi connectivity index (χ4n) is 1.94. The molecule has 17 heavy (non-hydrogen) atoms. The molecule has 0 saturated carbocycles. The highest BCUT2D eigenvalue weighted by Gasteiger charge is 2.13. The highest BCUT2D eigenvalue weighted by atomic mass is 79.9. The van der Waals surface area contributed by atoms with Gasteiger partial charge in [0.2, 0.25) is 0 Å². The molecular formula is C15H24BrN. The molecule has 1 rings (SSSR count). The third-order valence-corrected chi connectivity index (χ3v) is 3.68. The summed E-state index contributed by atoms with van der Waals surface area (Å²) in [5.41, 5.74) is 1.39. The molecule has 0 radical (unpaired) electrons. The Kier molecular flexibility index (Phi) is 6.83. The number of halogens is 1. The van der Waals surface area contributed by atoms with Gasteiger partial charge in [-0.3, -0.25) is 0 Å². The largest absolute Gasteiger partial charge is 0.310 e. The molecule has 0 saturated heterocycles. The van der Waals surface area contributed by atoms with Crippen LogP contribution >= 0.6 is 15.9 Å². The van der Waals surface area contributed by atoms with Gasteiger partial charge in [0.15, 0.2) is 0 Å². The first-order chi connectivity index (χ1) is 8.15. The van der Waals surface area contributed by atoms with Crippen molar-refractivity contribution in [3.8, 4) is 0 Å². The predicted octanol–water partition coefficient (Wildman–Crippen LogP) is 4.93. The minimum absolute atomic E-state index is 0.480. The lowest BCUT2D eigenvalue weighted by Gasteiger charge is -2.21. The van der Waals surface area contributed by atoms with Crippen LogP contribution < -0.4 is 5.32 Å². The van der Waals surface area contributed by atoms with Crippen LogP contribution in [0.4, 0.5) is 0 Å². The quantitative estimate of drug-likeness (QED) is 0.753. The van der Waals surface area contributed by atoms with E-state index in [2.05, 4.69) is 66.3 Å². The monoisotopic (exact) mass is 297 g/mol. The second-order valence-electron chi connectivity index (χ2n) is 5.00. The zero-order valence-corrected chi connectivity index (χ0v) is 12.8. The van der Waals surface area contributed by atoms with E-state index in [0.29, 0.717) is 6.04 Å². The Morgan fingerprint density at radius 3 is 2.47 bits per heavy atom. The van der Waals surface area contributed by atoms with Crippen LogP contribution in [0.15, 0.2) is 28.7 Å². The number of nitrogens with one attached hydrogen (secondary N) is 1. The average Bonchev–Trinajstić information content (AvgIpc) is 2.30. The van der Waals surface area contributed by atoms with Crippen LogP contribution in [-0.4, -0.2) is 6.54 Å². The van der Waals surface area contributed by atoms with Crippen molar-refractivity contribution >= 4 is 15.9 Å². The summed E-state index contributed by atoms with van der Waals surface area (Å²) in [4.78, 5) is 0. The second kappa shape index (κ2) is 7.88. The van der Waals surface area contributed by atoms with Gasteiger partial charge in [-0.25, -0.2) is 0 Å². The molecule has 0 fully saturated rings. The minimum atomic E-state index is 0.480. The zero-order valence-electron chi connectivity index (χ0n) is 11.2. The summed E-state index contributed by atoms with van der Waals surface area (Å²) in [7, 11) is 0. The van der Waals surface area contributed by atoms with Crippen molar-refractivity contribution in [1.82, 2.24) is 5.32 Å². The third-order valence-electron chi connectivity index (χ3n) is 2.95. The Bertz CT molecular complexity index is 322. The van der Waals surface area contributed by atoms with E-state index in [-0.39, 0.29) is 0 Å². The SMILES string of the molecule is CCCNC(CCC(C)C)c1ccccc1Br. The lowest BCUT2D eigenvalue weighted by atomic mass is 9.97. The molecular weight excluding hydrogens is 274 g/mol. The van der Waals surface area contributed by atoms with Gasteiger partial charge in [0.05, 0.1) is 0 Å². The van der Waals surface area contributed by atoms with Gasteiger partial charge in [-0.15, -0.1) is 0 Å². The van der Waals surface area contributed by atoms with Crippen LogP contribution in [0.5, 0.6) is 0 Å². The Morgan fingerprint density at radius 2 is 1.88 bits per heavy atom. The van der Waals surface area contributed by atoms with E-state index < -0.39 is 0 Å². The van der Waals surface area contributed by atoms with Gasteiger partial charge in [0, 0.05) is 10.5 Å². The fourth-order valence-corrected chi connectivity index (χ4v) is 2.50. The fraction of sp³-hybridized carbons (Fsp3) is 0.600. The molecule has 1 N–H and O–H groups in total. The smallest absolute Gasteiger partial charge is 0.0331 e. The lowest BCUT2D eigenvalue weighted by Crippen LogP contribution is -2.22. The van der Waals surface area contributed by atoms with Crippen molar-refractivity contribution in [3.05, 3.63) is 34.3 Å². The lowest BCUT2D eigenvalue weighted by molar-refractivity contribution is 0.439. The maximum Gasteiger partial charge on any atom is 0.0331 e. The molecule has 1 atom stereocenters. The molecule has 0 bridgehead atoms. The number of rotatable bonds is 7. The average molecular weight is 298 g/mol. The molecule has 1 aromatic rings. The van der Waals surface area contributed by atoms with Crippen LogP contribution in [-0.2, 0) is 0 Å². The van der Waals surface area contributed by atoms with E-state index in [4.69, 9.17) is 0 Å². The number of hydrogen-bond acceptors (Lipinski definition) is 1. The highest BCUT2D eigenvalue weighted by molar-refractivity contribution is 9.10. The van der Waals surface area contributed by atoms with Gasteiger partial charge >= 0.3 is 0 Å². The Labute approximate surface area is 114 Å². The molecule has 1 unspecified atom stereocenters.